The highest BCUT2D eigenvalue weighted by Gasteiger charge is 2.44. The molecule has 2 aromatic rings. The van der Waals surface area contributed by atoms with Gasteiger partial charge in [0, 0.05) is 85.7 Å². The number of methoxy groups -OCH3 is 2. The Kier molecular flexibility index (Phi) is 32.4. The lowest BCUT2D eigenvalue weighted by Gasteiger charge is -2.41. The number of hydrogen-bond donors (Lipinski definition) is 7. The molecule has 12 amide bonds. The van der Waals surface area contributed by atoms with Crippen LogP contribution in [0.15, 0.2) is 66.7 Å². The van der Waals surface area contributed by atoms with E-state index in [1.54, 1.807) is 109 Å². The molecule has 0 spiro atoms. The number of primary amides is 1. The molecule has 1 saturated heterocycles. The second kappa shape index (κ2) is 38.9. The number of nitrogens with two attached hydrogens (primary N) is 1. The number of imide groups is 1. The zero-order chi connectivity index (χ0) is 71.7. The maximum Gasteiger partial charge on any atom is 0.410 e. The van der Waals surface area contributed by atoms with Gasteiger partial charge in [-0.1, -0.05) is 118 Å². The number of likely N-dealkylation sites (N-methyl/N-ethyl adjacent to an activating group) is 3. The van der Waals surface area contributed by atoms with E-state index in [2.05, 4.69) is 26.6 Å². The van der Waals surface area contributed by atoms with Crippen LogP contribution in [0.4, 0.5) is 15.3 Å². The van der Waals surface area contributed by atoms with Gasteiger partial charge in [0.2, 0.25) is 41.4 Å². The Labute approximate surface area is 565 Å². The molecule has 27 nitrogen and oxygen atoms in total. The molecular weight excluding hydrogens is 1240 g/mol. The summed E-state index contributed by atoms with van der Waals surface area (Å²) in [5.74, 6) is -7.59. The van der Waals surface area contributed by atoms with E-state index in [1.807, 2.05) is 19.9 Å². The second-order valence-corrected chi connectivity index (χ2v) is 26.1. The van der Waals surface area contributed by atoms with Gasteiger partial charge in [-0.15, -0.1) is 0 Å². The van der Waals surface area contributed by atoms with Crippen LogP contribution in [0.5, 0.6) is 0 Å². The smallest absolute Gasteiger partial charge is 0.410 e. The summed E-state index contributed by atoms with van der Waals surface area (Å²) in [7, 11) is 7.48. The van der Waals surface area contributed by atoms with E-state index in [1.165, 1.54) is 50.3 Å². The molecule has 0 aromatic heterocycles. The van der Waals surface area contributed by atoms with Crippen LogP contribution in [0, 0.1) is 29.6 Å². The van der Waals surface area contributed by atoms with Gasteiger partial charge in [0.05, 0.1) is 36.6 Å². The van der Waals surface area contributed by atoms with Crippen molar-refractivity contribution < 1.29 is 76.9 Å². The van der Waals surface area contributed by atoms with Crippen LogP contribution in [0.25, 0.3) is 0 Å². The van der Waals surface area contributed by atoms with Gasteiger partial charge in [-0.3, -0.25) is 53.0 Å². The number of likely N-dealkylation sites (tertiary alicyclic amines) is 1. The van der Waals surface area contributed by atoms with Crippen molar-refractivity contribution in [1.29, 1.82) is 0 Å². The first-order valence-corrected chi connectivity index (χ1v) is 33.3. The molecule has 4 rings (SSSR count). The molecule has 2 heterocycles. The molecule has 0 unspecified atom stereocenters. The van der Waals surface area contributed by atoms with E-state index in [9.17, 15) is 62.6 Å². The Morgan fingerprint density at radius 3 is 1.85 bits per heavy atom. The van der Waals surface area contributed by atoms with Crippen molar-refractivity contribution >= 4 is 76.9 Å². The molecule has 0 aliphatic carbocycles. The quantitative estimate of drug-likeness (QED) is 0.0342. The molecule has 96 heavy (non-hydrogen) atoms. The van der Waals surface area contributed by atoms with Crippen molar-refractivity contribution in [3.8, 4) is 0 Å². The minimum absolute atomic E-state index is 0.0752. The SMILES string of the molecule is CC[C@H](C)[C@@H]([C@@H](CC(=O)N1CCC[C@H]1[C@H](OC)[C@@H](C)C(=O)N[C@@H](Cc1ccccc1)C(=O)O)OC)N(C)C(=O)[C@@H](NC(=O)[C@H](C(C)C)N(C)C(=O)OCc1ccc(NC(=O)[C@H](CCCNC(N)=O)NC(=O)[C@H](C(C)C)N(C)C(=O)CCCCCN2C(=O)C=CC2=O)cc1)C(C)C. The van der Waals surface area contributed by atoms with Gasteiger partial charge in [0.15, 0.2) is 0 Å². The van der Waals surface area contributed by atoms with Crippen molar-refractivity contribution in [2.45, 2.75) is 194 Å². The molecular formula is C69H105N11O16. The first-order valence-electron chi connectivity index (χ1n) is 33.3. The van der Waals surface area contributed by atoms with E-state index in [0.29, 0.717) is 56.3 Å². The van der Waals surface area contributed by atoms with Crippen LogP contribution < -0.4 is 32.3 Å². The minimum atomic E-state index is -1.19. The number of carbonyl (C=O) groups is 12. The molecule has 2 aliphatic rings. The first kappa shape index (κ1) is 80.0. The number of carboxylic acid groups (broad SMARTS) is 1. The monoisotopic (exact) mass is 1340 g/mol. The Morgan fingerprint density at radius 1 is 0.688 bits per heavy atom. The number of unbranched alkanes of at least 4 members (excludes halogenated alkanes) is 2. The number of hydrogen-bond acceptors (Lipinski definition) is 15. The average Bonchev–Trinajstić information content (AvgIpc) is 1.25. The summed E-state index contributed by atoms with van der Waals surface area (Å²) in [6.45, 7) is 16.7. The topological polar surface area (TPSA) is 355 Å². The van der Waals surface area contributed by atoms with Crippen molar-refractivity contribution in [2.75, 3.05) is 60.3 Å². The summed E-state index contributed by atoms with van der Waals surface area (Å²) in [5.41, 5.74) is 6.85. The van der Waals surface area contributed by atoms with E-state index in [4.69, 9.17) is 19.9 Å². The standard InChI is InChI=1S/C69H105N11O16/c1-15-44(8)60(52(94-13)39-56(84)79-37-23-27-51(79)61(95-14)45(9)62(85)74-50(67(90)91)38-46-24-18-16-19-25-46)77(11)66(89)57(41(2)3)75-65(88)59(43(6)7)78(12)69(93)96-40-47-29-31-48(32-30-47)72-63(86)49(26-22-35-71-68(70)92)73-64(87)58(42(4)5)76(10)53(81)28-20-17-21-36-80-54(82)33-34-55(80)83/h16,18-19,24-25,29-34,41-45,49-52,57-61H,15,17,20-23,26-28,35-40H2,1-14H3,(H,72,86)(H,73,87)(H,74,85)(H,75,88)(H,90,91)(H3,70,71,92)/t44-,45+,49-,50-,51-,52+,57-,58-,59-,60-,61+/m0/s1. The number of urea groups is 1. The molecule has 0 bridgehead atoms. The average molecular weight is 1340 g/mol. The van der Waals surface area contributed by atoms with Crippen LogP contribution in [0.1, 0.15) is 138 Å². The van der Waals surface area contributed by atoms with Crippen LogP contribution in [-0.4, -0.2) is 210 Å². The number of ether oxygens (including phenoxy) is 3. The third-order valence-electron chi connectivity index (χ3n) is 18.1. The number of nitrogens with one attached hydrogen (secondary N) is 5. The number of benzene rings is 2. The third-order valence-corrected chi connectivity index (χ3v) is 18.1. The van der Waals surface area contributed by atoms with E-state index in [-0.39, 0.29) is 87.3 Å². The Morgan fingerprint density at radius 2 is 1.29 bits per heavy atom. The zero-order valence-corrected chi connectivity index (χ0v) is 58.4. The number of rotatable bonds is 39. The molecule has 0 radical (unpaired) electrons. The highest BCUT2D eigenvalue weighted by Crippen LogP contribution is 2.30. The van der Waals surface area contributed by atoms with E-state index in [0.717, 1.165) is 15.4 Å². The van der Waals surface area contributed by atoms with Gasteiger partial charge >= 0.3 is 18.1 Å². The highest BCUT2D eigenvalue weighted by atomic mass is 16.6. The first-order chi connectivity index (χ1) is 45.4. The maximum atomic E-state index is 14.8. The molecule has 1 fully saturated rings. The number of carbonyl (C=O) groups excluding carboxylic acids is 11. The fourth-order valence-corrected chi connectivity index (χ4v) is 12.5. The predicted octanol–water partition coefficient (Wildman–Crippen LogP) is 4.99. The third kappa shape index (κ3) is 23.1. The molecule has 2 aromatic carbocycles. The summed E-state index contributed by atoms with van der Waals surface area (Å²) in [6.07, 6.45) is 3.64. The molecule has 0 saturated carbocycles. The minimum Gasteiger partial charge on any atom is -0.480 e. The van der Waals surface area contributed by atoms with Gasteiger partial charge in [0.1, 0.15) is 36.8 Å². The summed E-state index contributed by atoms with van der Waals surface area (Å²) in [6, 6.07) is 7.94. The lowest BCUT2D eigenvalue weighted by Crippen LogP contribution is -2.60. The van der Waals surface area contributed by atoms with Gasteiger partial charge in [-0.05, 0) is 85.5 Å². The van der Waals surface area contributed by atoms with Crippen LogP contribution in [0.3, 0.4) is 0 Å². The van der Waals surface area contributed by atoms with Gasteiger partial charge in [0.25, 0.3) is 11.8 Å². The number of anilines is 1. The Balaban J connectivity index is 1.39. The summed E-state index contributed by atoms with van der Waals surface area (Å²) < 4.78 is 17.7. The Hall–Kier alpha value is -8.46. The maximum absolute atomic E-state index is 14.8. The number of amides is 12. The molecule has 27 heteroatoms. The molecule has 8 N–H and O–H groups in total. The van der Waals surface area contributed by atoms with E-state index < -0.39 is 120 Å². The number of carboxylic acids is 1. The summed E-state index contributed by atoms with van der Waals surface area (Å²) in [4.78, 5) is 167. The molecule has 11 atom stereocenters. The van der Waals surface area contributed by atoms with Crippen molar-refractivity contribution in [1.82, 2.24) is 45.8 Å². The second-order valence-electron chi connectivity index (χ2n) is 26.1. The van der Waals surface area contributed by atoms with Crippen molar-refractivity contribution in [3.05, 3.63) is 77.9 Å². The predicted molar refractivity (Wildman–Crippen MR) is 359 cm³/mol. The van der Waals surface area contributed by atoms with Crippen molar-refractivity contribution in [3.63, 3.8) is 0 Å². The summed E-state index contributed by atoms with van der Waals surface area (Å²) >= 11 is 0. The van der Waals surface area contributed by atoms with Crippen LogP contribution >= 0.6 is 0 Å². The normalized spacial score (nSPS) is 16.9. The van der Waals surface area contributed by atoms with Gasteiger partial charge in [-0.25, -0.2) is 14.4 Å². The van der Waals surface area contributed by atoms with E-state index >= 15 is 0 Å². The fourth-order valence-electron chi connectivity index (χ4n) is 12.5. The number of nitrogens with zero attached hydrogens (tertiary/aromatic N) is 5. The van der Waals surface area contributed by atoms with Crippen molar-refractivity contribution in [2.24, 2.45) is 35.3 Å². The lowest BCUT2D eigenvalue weighted by molar-refractivity contribution is -0.148. The fraction of sp³-hybridized carbons (Fsp3) is 0.623. The van der Waals surface area contributed by atoms with Gasteiger partial charge in [-0.2, -0.15) is 0 Å². The lowest BCUT2D eigenvalue weighted by atomic mass is 9.89. The van der Waals surface area contributed by atoms with Crippen LogP contribution in [0.2, 0.25) is 0 Å². The van der Waals surface area contributed by atoms with Crippen LogP contribution in [-0.2, 0) is 75.2 Å². The Bertz CT molecular complexity index is 2980. The zero-order valence-electron chi connectivity index (χ0n) is 58.4. The van der Waals surface area contributed by atoms with Gasteiger partial charge < -0.3 is 66.3 Å². The number of aliphatic carboxylic acids is 1. The highest BCUT2D eigenvalue weighted by molar-refractivity contribution is 6.12. The molecule has 532 valence electrons. The summed E-state index contributed by atoms with van der Waals surface area (Å²) in [5, 5.41) is 23.7. The molecule has 2 aliphatic heterocycles. The largest absolute Gasteiger partial charge is 0.480 e.